The molecule has 0 aliphatic carbocycles. The summed E-state index contributed by atoms with van der Waals surface area (Å²) in [6.07, 6.45) is 0.690. The largest absolute Gasteiger partial charge is 0.366 e. The van der Waals surface area contributed by atoms with Gasteiger partial charge in [0.05, 0.1) is 12.1 Å². The van der Waals surface area contributed by atoms with Gasteiger partial charge >= 0.3 is 0 Å². The Balaban J connectivity index is 1.31. The quantitative estimate of drug-likeness (QED) is 0.511. The number of anilines is 1. The van der Waals surface area contributed by atoms with Crippen LogP contribution in [0.3, 0.4) is 0 Å². The maximum Gasteiger partial charge on any atom is 0.251 e. The average Bonchev–Trinajstić information content (AvgIpc) is 3.19. The number of nitrogens with one attached hydrogen (secondary N) is 1. The van der Waals surface area contributed by atoms with E-state index in [1.807, 2.05) is 54.6 Å². The van der Waals surface area contributed by atoms with Crippen molar-refractivity contribution in [1.82, 2.24) is 9.80 Å². The van der Waals surface area contributed by atoms with Crippen molar-refractivity contribution >= 4 is 39.8 Å². The molecule has 33 heavy (non-hydrogen) atoms. The summed E-state index contributed by atoms with van der Waals surface area (Å²) in [6, 6.07) is 19.7. The summed E-state index contributed by atoms with van der Waals surface area (Å²) >= 11 is 7.68. The molecule has 0 atom stereocenters. The first-order valence-corrected chi connectivity index (χ1v) is 12.1. The van der Waals surface area contributed by atoms with Crippen molar-refractivity contribution in [2.24, 2.45) is 5.73 Å². The molecule has 0 bridgehead atoms. The van der Waals surface area contributed by atoms with Crippen molar-refractivity contribution in [2.45, 2.75) is 13.0 Å². The van der Waals surface area contributed by atoms with Gasteiger partial charge in [-0.2, -0.15) is 0 Å². The topological polar surface area (TPSA) is 78.7 Å². The van der Waals surface area contributed by atoms with Crippen molar-refractivity contribution in [2.75, 3.05) is 38.0 Å². The molecule has 1 saturated heterocycles. The predicted octanol–water partition coefficient (Wildman–Crippen LogP) is 3.85. The first-order valence-electron chi connectivity index (χ1n) is 10.9. The van der Waals surface area contributed by atoms with Gasteiger partial charge in [0.25, 0.3) is 5.91 Å². The van der Waals surface area contributed by atoms with Gasteiger partial charge < -0.3 is 11.1 Å². The van der Waals surface area contributed by atoms with E-state index in [4.69, 9.17) is 17.3 Å². The fourth-order valence-electron chi connectivity index (χ4n) is 3.94. The molecule has 2 heterocycles. The fourth-order valence-corrected chi connectivity index (χ4v) is 5.25. The highest BCUT2D eigenvalue weighted by Gasteiger charge is 2.21. The molecule has 2 aromatic carbocycles. The van der Waals surface area contributed by atoms with Crippen molar-refractivity contribution in [1.29, 1.82) is 0 Å². The number of amides is 2. The fraction of sp³-hybridized carbons (Fsp3) is 0.280. The lowest BCUT2D eigenvalue weighted by molar-refractivity contribution is -0.117. The van der Waals surface area contributed by atoms with Crippen LogP contribution < -0.4 is 11.1 Å². The zero-order valence-electron chi connectivity index (χ0n) is 18.3. The minimum atomic E-state index is -0.533. The van der Waals surface area contributed by atoms with Crippen LogP contribution in [-0.2, 0) is 17.8 Å². The van der Waals surface area contributed by atoms with Crippen molar-refractivity contribution in [3.63, 3.8) is 0 Å². The van der Waals surface area contributed by atoms with Gasteiger partial charge in [-0.15, -0.1) is 11.3 Å². The van der Waals surface area contributed by atoms with Crippen LogP contribution >= 0.6 is 22.9 Å². The van der Waals surface area contributed by atoms with Crippen LogP contribution in [0.2, 0.25) is 5.02 Å². The number of thiophene rings is 1. The maximum atomic E-state index is 12.7. The third kappa shape index (κ3) is 6.42. The SMILES string of the molecule is NC(=O)c1cc(Cc2ccccc2)sc1NC(=O)CN1CCN(Cc2ccccc2Cl)CC1. The summed E-state index contributed by atoms with van der Waals surface area (Å²) in [5.41, 5.74) is 8.19. The van der Waals surface area contributed by atoms with Crippen LogP contribution in [0.15, 0.2) is 60.7 Å². The second kappa shape index (κ2) is 10.9. The zero-order chi connectivity index (χ0) is 23.2. The normalized spacial score (nSPS) is 14.8. The highest BCUT2D eigenvalue weighted by atomic mass is 35.5. The molecule has 3 aromatic rings. The molecule has 1 aliphatic rings. The molecule has 172 valence electrons. The Labute approximate surface area is 203 Å². The molecular formula is C25H27ClN4O2S. The number of benzene rings is 2. The number of piperazine rings is 1. The molecular weight excluding hydrogens is 456 g/mol. The van der Waals surface area contributed by atoms with E-state index >= 15 is 0 Å². The van der Waals surface area contributed by atoms with Gasteiger partial charge in [-0.05, 0) is 23.3 Å². The number of hydrogen-bond acceptors (Lipinski definition) is 5. The van der Waals surface area contributed by atoms with Gasteiger partial charge in [-0.25, -0.2) is 0 Å². The first-order chi connectivity index (χ1) is 16.0. The third-order valence-corrected chi connectivity index (χ3v) is 7.13. The molecule has 0 unspecified atom stereocenters. The molecule has 8 heteroatoms. The highest BCUT2D eigenvalue weighted by Crippen LogP contribution is 2.29. The van der Waals surface area contributed by atoms with Crippen molar-refractivity contribution < 1.29 is 9.59 Å². The van der Waals surface area contributed by atoms with Gasteiger partial charge in [-0.1, -0.05) is 60.1 Å². The summed E-state index contributed by atoms with van der Waals surface area (Å²) in [7, 11) is 0. The van der Waals surface area contributed by atoms with Gasteiger partial charge in [0.2, 0.25) is 5.91 Å². The van der Waals surface area contributed by atoms with Gasteiger partial charge in [-0.3, -0.25) is 19.4 Å². The smallest absolute Gasteiger partial charge is 0.251 e. The number of hydrogen-bond donors (Lipinski definition) is 2. The zero-order valence-corrected chi connectivity index (χ0v) is 19.9. The van der Waals surface area contributed by atoms with Crippen LogP contribution in [0.5, 0.6) is 0 Å². The van der Waals surface area contributed by atoms with E-state index in [1.165, 1.54) is 11.3 Å². The molecule has 0 saturated carbocycles. The van der Waals surface area contributed by atoms with Crippen LogP contribution in [0.25, 0.3) is 0 Å². The standard InChI is InChI=1S/C25H27ClN4O2S/c26-22-9-5-4-8-19(22)16-29-10-12-30(13-11-29)17-23(31)28-25-21(24(27)32)15-20(33-25)14-18-6-2-1-3-7-18/h1-9,15H,10-14,16-17H2,(H2,27,32)(H,28,31). The van der Waals surface area contributed by atoms with Gasteiger partial charge in [0.15, 0.2) is 0 Å². The maximum absolute atomic E-state index is 12.7. The van der Waals surface area contributed by atoms with E-state index in [-0.39, 0.29) is 12.5 Å². The lowest BCUT2D eigenvalue weighted by atomic mass is 10.1. The minimum absolute atomic E-state index is 0.134. The van der Waals surface area contributed by atoms with Crippen LogP contribution in [0, 0.1) is 0 Å². The Morgan fingerprint density at radius 2 is 1.64 bits per heavy atom. The van der Waals surface area contributed by atoms with E-state index in [0.29, 0.717) is 17.0 Å². The number of carbonyl (C=O) groups excluding carboxylic acids is 2. The van der Waals surface area contributed by atoms with Crippen molar-refractivity contribution in [3.05, 3.63) is 87.3 Å². The molecule has 1 fully saturated rings. The monoisotopic (exact) mass is 482 g/mol. The average molecular weight is 483 g/mol. The van der Waals surface area contributed by atoms with E-state index in [1.54, 1.807) is 6.07 Å². The summed E-state index contributed by atoms with van der Waals surface area (Å²) in [6.45, 7) is 4.41. The van der Waals surface area contributed by atoms with E-state index in [0.717, 1.165) is 53.8 Å². The third-order valence-electron chi connectivity index (χ3n) is 5.71. The van der Waals surface area contributed by atoms with Crippen molar-refractivity contribution in [3.8, 4) is 0 Å². The van der Waals surface area contributed by atoms with Gasteiger partial charge in [0.1, 0.15) is 5.00 Å². The Morgan fingerprint density at radius 3 is 2.33 bits per heavy atom. The van der Waals surface area contributed by atoms with Crippen LogP contribution in [0.4, 0.5) is 5.00 Å². The first kappa shape index (κ1) is 23.4. The van der Waals surface area contributed by atoms with Crippen LogP contribution in [-0.4, -0.2) is 54.3 Å². The Bertz CT molecular complexity index is 1110. The molecule has 6 nitrogen and oxygen atoms in total. The Hall–Kier alpha value is -2.71. The number of nitrogens with zero attached hydrogens (tertiary/aromatic N) is 2. The van der Waals surface area contributed by atoms with Gasteiger partial charge in [0, 0.05) is 49.0 Å². The second-order valence-corrected chi connectivity index (χ2v) is 9.72. The molecule has 2 amide bonds. The highest BCUT2D eigenvalue weighted by molar-refractivity contribution is 7.16. The van der Waals surface area contributed by atoms with E-state index in [2.05, 4.69) is 15.1 Å². The summed E-state index contributed by atoms with van der Waals surface area (Å²) in [4.78, 5) is 30.1. The number of carbonyl (C=O) groups is 2. The second-order valence-electron chi connectivity index (χ2n) is 8.17. The number of primary amides is 1. The molecule has 3 N–H and O–H groups in total. The summed E-state index contributed by atoms with van der Waals surface area (Å²) in [5.74, 6) is -0.667. The minimum Gasteiger partial charge on any atom is -0.366 e. The molecule has 0 spiro atoms. The lowest BCUT2D eigenvalue weighted by Gasteiger charge is -2.34. The number of nitrogens with two attached hydrogens (primary N) is 1. The lowest BCUT2D eigenvalue weighted by Crippen LogP contribution is -2.48. The Kier molecular flexibility index (Phi) is 7.77. The Morgan fingerprint density at radius 1 is 0.970 bits per heavy atom. The van der Waals surface area contributed by atoms with E-state index < -0.39 is 5.91 Å². The summed E-state index contributed by atoms with van der Waals surface area (Å²) < 4.78 is 0. The van der Waals surface area contributed by atoms with Crippen LogP contribution in [0.1, 0.15) is 26.4 Å². The summed E-state index contributed by atoms with van der Waals surface area (Å²) in [5, 5.41) is 4.22. The predicted molar refractivity (Wildman–Crippen MR) is 134 cm³/mol. The molecule has 1 aromatic heterocycles. The molecule has 0 radical (unpaired) electrons. The number of rotatable bonds is 8. The molecule has 4 rings (SSSR count). The molecule has 1 aliphatic heterocycles. The van der Waals surface area contributed by atoms with E-state index in [9.17, 15) is 9.59 Å². The number of halogens is 1.